The molecule has 0 atom stereocenters. The first kappa shape index (κ1) is 11.9. The Hall–Kier alpha value is -2.18. The number of benzene rings is 1. The first-order valence-electron chi connectivity index (χ1n) is 5.62. The predicted molar refractivity (Wildman–Crippen MR) is 72.0 cm³/mol. The van der Waals surface area contributed by atoms with Crippen molar-refractivity contribution in [1.82, 2.24) is 9.61 Å². The molecule has 3 aromatic rings. The van der Waals surface area contributed by atoms with Gasteiger partial charge in [0.1, 0.15) is 0 Å². The number of aromatic nitrogens is 2. The maximum absolute atomic E-state index is 11.2. The highest BCUT2D eigenvalue weighted by atomic mass is 32.2. The van der Waals surface area contributed by atoms with E-state index in [1.165, 1.54) is 12.1 Å². The van der Waals surface area contributed by atoms with E-state index in [0.717, 1.165) is 16.8 Å². The van der Waals surface area contributed by atoms with Crippen molar-refractivity contribution in [3.05, 3.63) is 54.7 Å². The minimum Gasteiger partial charge on any atom is -0.240 e. The van der Waals surface area contributed by atoms with Crippen LogP contribution >= 0.6 is 0 Å². The van der Waals surface area contributed by atoms with Crippen LogP contribution in [0.25, 0.3) is 16.8 Å². The van der Waals surface area contributed by atoms with Crippen LogP contribution in [0.2, 0.25) is 0 Å². The van der Waals surface area contributed by atoms with Crippen molar-refractivity contribution < 1.29 is 8.42 Å². The number of rotatable bonds is 2. The average Bonchev–Trinajstić information content (AvgIpc) is 2.81. The summed E-state index contributed by atoms with van der Waals surface area (Å²) in [5, 5.41) is 9.47. The van der Waals surface area contributed by atoms with Crippen LogP contribution in [0.15, 0.2) is 59.6 Å². The Balaban J connectivity index is 2.07. The van der Waals surface area contributed by atoms with Gasteiger partial charge >= 0.3 is 0 Å². The molecular formula is C13H11N3O2S. The third-order valence-corrected chi connectivity index (χ3v) is 3.78. The fraction of sp³-hybridized carbons (Fsp3) is 0. The van der Waals surface area contributed by atoms with Crippen LogP contribution in [0.3, 0.4) is 0 Å². The van der Waals surface area contributed by atoms with Gasteiger partial charge in [-0.15, -0.1) is 0 Å². The number of primary sulfonamides is 1. The van der Waals surface area contributed by atoms with E-state index in [9.17, 15) is 8.42 Å². The van der Waals surface area contributed by atoms with Crippen LogP contribution in [-0.4, -0.2) is 18.0 Å². The van der Waals surface area contributed by atoms with Crippen molar-refractivity contribution in [2.45, 2.75) is 4.90 Å². The van der Waals surface area contributed by atoms with Crippen LogP contribution < -0.4 is 5.14 Å². The molecule has 0 spiro atoms. The lowest BCUT2D eigenvalue weighted by molar-refractivity contribution is 0.598. The Bertz CT molecular complexity index is 803. The van der Waals surface area contributed by atoms with Crippen molar-refractivity contribution in [1.29, 1.82) is 0 Å². The third-order valence-electron chi connectivity index (χ3n) is 2.85. The zero-order valence-electron chi connectivity index (χ0n) is 9.89. The summed E-state index contributed by atoms with van der Waals surface area (Å²) in [7, 11) is -3.65. The van der Waals surface area contributed by atoms with Gasteiger partial charge in [0, 0.05) is 11.8 Å². The van der Waals surface area contributed by atoms with E-state index < -0.39 is 10.0 Å². The molecule has 3 rings (SSSR count). The molecule has 96 valence electrons. The zero-order chi connectivity index (χ0) is 13.5. The first-order chi connectivity index (χ1) is 9.04. The van der Waals surface area contributed by atoms with Gasteiger partial charge in [-0.1, -0.05) is 18.2 Å². The second-order valence-corrected chi connectivity index (χ2v) is 5.73. The lowest BCUT2D eigenvalue weighted by Crippen LogP contribution is -2.11. The Kier molecular flexibility index (Phi) is 2.62. The molecule has 5 nitrogen and oxygen atoms in total. The summed E-state index contributed by atoms with van der Waals surface area (Å²) in [5.74, 6) is 0. The minimum atomic E-state index is -3.65. The molecule has 6 heteroatoms. The fourth-order valence-electron chi connectivity index (χ4n) is 1.89. The molecule has 2 N–H and O–H groups in total. The fourth-order valence-corrected chi connectivity index (χ4v) is 2.41. The number of pyridine rings is 1. The number of sulfonamides is 1. The molecule has 19 heavy (non-hydrogen) atoms. The summed E-state index contributed by atoms with van der Waals surface area (Å²) >= 11 is 0. The molecule has 0 radical (unpaired) electrons. The van der Waals surface area contributed by atoms with Gasteiger partial charge in [-0.2, -0.15) is 5.10 Å². The van der Waals surface area contributed by atoms with E-state index in [-0.39, 0.29) is 4.90 Å². The highest BCUT2D eigenvalue weighted by Gasteiger charge is 2.09. The first-order valence-corrected chi connectivity index (χ1v) is 7.16. The number of nitrogens with zero attached hydrogens (tertiary/aromatic N) is 2. The van der Waals surface area contributed by atoms with Crippen molar-refractivity contribution in [2.75, 3.05) is 0 Å². The van der Waals surface area contributed by atoms with E-state index >= 15 is 0 Å². The van der Waals surface area contributed by atoms with Gasteiger partial charge in [0.2, 0.25) is 10.0 Å². The smallest absolute Gasteiger partial charge is 0.238 e. The van der Waals surface area contributed by atoms with E-state index in [1.807, 2.05) is 30.5 Å². The highest BCUT2D eigenvalue weighted by molar-refractivity contribution is 7.89. The largest absolute Gasteiger partial charge is 0.240 e. The molecule has 0 aliphatic heterocycles. The number of hydrogen-bond acceptors (Lipinski definition) is 3. The van der Waals surface area contributed by atoms with Gasteiger partial charge in [0.25, 0.3) is 0 Å². The van der Waals surface area contributed by atoms with Crippen molar-refractivity contribution >= 4 is 15.5 Å². The molecule has 0 bridgehead atoms. The summed E-state index contributed by atoms with van der Waals surface area (Å²) in [6.45, 7) is 0. The van der Waals surface area contributed by atoms with Crippen molar-refractivity contribution in [2.24, 2.45) is 5.14 Å². The molecule has 2 heterocycles. The van der Waals surface area contributed by atoms with E-state index in [0.29, 0.717) is 0 Å². The highest BCUT2D eigenvalue weighted by Crippen LogP contribution is 2.21. The molecule has 2 aromatic heterocycles. The predicted octanol–water partition coefficient (Wildman–Crippen LogP) is 1.65. The second kappa shape index (κ2) is 4.18. The molecule has 0 fully saturated rings. The normalized spacial score (nSPS) is 11.8. The molecule has 1 aromatic carbocycles. The number of nitrogens with two attached hydrogens (primary N) is 1. The lowest BCUT2D eigenvalue weighted by Gasteiger charge is -1.99. The van der Waals surface area contributed by atoms with Crippen LogP contribution in [0.4, 0.5) is 0 Å². The Morgan fingerprint density at radius 2 is 1.79 bits per heavy atom. The standard InChI is InChI=1S/C13H11N3O2S/c14-19(17,18)12-6-4-10(5-7-12)13-9-11-3-1-2-8-16(11)15-13/h1-9H,(H2,14,17,18). The topological polar surface area (TPSA) is 77.5 Å². The van der Waals surface area contributed by atoms with Gasteiger partial charge in [0.05, 0.1) is 16.1 Å². The number of fused-ring (bicyclic) bond motifs is 1. The van der Waals surface area contributed by atoms with Gasteiger partial charge in [-0.05, 0) is 30.3 Å². The molecule has 0 saturated carbocycles. The summed E-state index contributed by atoms with van der Waals surface area (Å²) in [6, 6.07) is 14.1. The van der Waals surface area contributed by atoms with Crippen molar-refractivity contribution in [3.63, 3.8) is 0 Å². The Morgan fingerprint density at radius 3 is 2.42 bits per heavy atom. The van der Waals surface area contributed by atoms with Gasteiger partial charge in [0.15, 0.2) is 0 Å². The SMILES string of the molecule is NS(=O)(=O)c1ccc(-c2cc3ccccn3n2)cc1. The van der Waals surface area contributed by atoms with Gasteiger partial charge < -0.3 is 0 Å². The van der Waals surface area contributed by atoms with E-state index in [2.05, 4.69) is 5.10 Å². The summed E-state index contributed by atoms with van der Waals surface area (Å²) in [5.41, 5.74) is 2.61. The number of hydrogen-bond donors (Lipinski definition) is 1. The van der Waals surface area contributed by atoms with Gasteiger partial charge in [-0.3, -0.25) is 0 Å². The quantitative estimate of drug-likeness (QED) is 0.771. The molecule has 0 amide bonds. The molecule has 0 saturated heterocycles. The minimum absolute atomic E-state index is 0.0972. The molecule has 0 aliphatic rings. The van der Waals surface area contributed by atoms with E-state index in [1.54, 1.807) is 16.6 Å². The van der Waals surface area contributed by atoms with Crippen LogP contribution in [-0.2, 0) is 10.0 Å². The van der Waals surface area contributed by atoms with E-state index in [4.69, 9.17) is 5.14 Å². The van der Waals surface area contributed by atoms with Crippen LogP contribution in [0, 0.1) is 0 Å². The third kappa shape index (κ3) is 2.23. The monoisotopic (exact) mass is 273 g/mol. The summed E-state index contributed by atoms with van der Waals surface area (Å²) in [4.78, 5) is 0.0972. The van der Waals surface area contributed by atoms with Crippen LogP contribution in [0.5, 0.6) is 0 Å². The summed E-state index contributed by atoms with van der Waals surface area (Å²) in [6.07, 6.45) is 1.86. The van der Waals surface area contributed by atoms with Crippen molar-refractivity contribution in [3.8, 4) is 11.3 Å². The summed E-state index contributed by atoms with van der Waals surface area (Å²) < 4.78 is 24.1. The zero-order valence-corrected chi connectivity index (χ0v) is 10.7. The lowest BCUT2D eigenvalue weighted by atomic mass is 10.1. The molecule has 0 unspecified atom stereocenters. The maximum Gasteiger partial charge on any atom is 0.238 e. The Morgan fingerprint density at radius 1 is 1.05 bits per heavy atom. The second-order valence-electron chi connectivity index (χ2n) is 4.17. The molecule has 0 aliphatic carbocycles. The van der Waals surface area contributed by atoms with Crippen LogP contribution in [0.1, 0.15) is 0 Å². The Labute approximate surface area is 110 Å². The van der Waals surface area contributed by atoms with Gasteiger partial charge in [-0.25, -0.2) is 18.1 Å². The molecular weight excluding hydrogens is 262 g/mol. The average molecular weight is 273 g/mol. The maximum atomic E-state index is 11.2.